The molecule has 1 N–H and O–H groups in total. The van der Waals surface area contributed by atoms with E-state index in [0.29, 0.717) is 11.5 Å². The van der Waals surface area contributed by atoms with Crippen LogP contribution in [0.4, 0.5) is 4.39 Å². The molecule has 2 atom stereocenters. The molecule has 1 heterocycles. The van der Waals surface area contributed by atoms with E-state index in [2.05, 4.69) is 12.2 Å². The Balaban J connectivity index is 2.00. The summed E-state index contributed by atoms with van der Waals surface area (Å²) >= 11 is 0. The maximum atomic E-state index is 13.8. The van der Waals surface area contributed by atoms with Crippen LogP contribution in [0.25, 0.3) is 0 Å². The second kappa shape index (κ2) is 5.94. The summed E-state index contributed by atoms with van der Waals surface area (Å²) in [7, 11) is 0. The molecule has 0 amide bonds. The van der Waals surface area contributed by atoms with E-state index in [1.165, 1.54) is 6.07 Å². The van der Waals surface area contributed by atoms with Gasteiger partial charge in [-0.2, -0.15) is 5.26 Å². The fraction of sp³-hybridized carbons (Fsp3) is 0.500. The molecule has 0 radical (unpaired) electrons. The summed E-state index contributed by atoms with van der Waals surface area (Å²) in [5.74, 6) is 0.0184. The molecule has 1 aromatic rings. The Hall–Kier alpha value is -1.44. The van der Waals surface area contributed by atoms with Gasteiger partial charge < -0.3 is 10.1 Å². The molecule has 0 aliphatic carbocycles. The van der Waals surface area contributed by atoms with Crippen LogP contribution in [0.15, 0.2) is 18.2 Å². The number of hydrogen-bond donors (Lipinski definition) is 1. The van der Waals surface area contributed by atoms with Gasteiger partial charge in [0.1, 0.15) is 11.9 Å². The van der Waals surface area contributed by atoms with Crippen LogP contribution in [0.1, 0.15) is 24.5 Å². The molecule has 0 bridgehead atoms. The number of nitrogens with one attached hydrogen (secondary N) is 1. The first-order chi connectivity index (χ1) is 8.72. The van der Waals surface area contributed by atoms with E-state index in [0.717, 1.165) is 19.5 Å². The molecular weight excluding hydrogens is 231 g/mol. The van der Waals surface area contributed by atoms with Crippen LogP contribution in [-0.2, 0) is 11.3 Å². The van der Waals surface area contributed by atoms with Gasteiger partial charge in [0.15, 0.2) is 0 Å². The van der Waals surface area contributed by atoms with Crippen LogP contribution in [0.3, 0.4) is 0 Å². The Morgan fingerprint density at radius 1 is 1.56 bits per heavy atom. The Bertz CT molecular complexity index is 456. The van der Waals surface area contributed by atoms with Gasteiger partial charge in [-0.1, -0.05) is 19.1 Å². The van der Waals surface area contributed by atoms with Gasteiger partial charge in [0.25, 0.3) is 0 Å². The molecule has 0 spiro atoms. The molecule has 1 aliphatic rings. The summed E-state index contributed by atoms with van der Waals surface area (Å²) in [4.78, 5) is 0. The van der Waals surface area contributed by atoms with Crippen molar-refractivity contribution in [2.75, 3.05) is 13.1 Å². The SMILES string of the molecule is CC1CCNCC1OCc1cccc(C#N)c1F. The first kappa shape index (κ1) is 13.0. The second-order valence-corrected chi connectivity index (χ2v) is 4.71. The Morgan fingerprint density at radius 3 is 3.11 bits per heavy atom. The number of nitriles is 1. The number of ether oxygens (including phenoxy) is 1. The normalized spacial score (nSPS) is 23.6. The van der Waals surface area contributed by atoms with Crippen LogP contribution in [0.2, 0.25) is 0 Å². The van der Waals surface area contributed by atoms with E-state index in [-0.39, 0.29) is 18.3 Å². The molecule has 96 valence electrons. The third kappa shape index (κ3) is 2.87. The monoisotopic (exact) mass is 248 g/mol. The molecule has 0 aromatic heterocycles. The van der Waals surface area contributed by atoms with Gasteiger partial charge in [-0.05, 0) is 24.9 Å². The minimum atomic E-state index is -0.462. The average molecular weight is 248 g/mol. The lowest BCUT2D eigenvalue weighted by atomic mass is 9.97. The summed E-state index contributed by atoms with van der Waals surface area (Å²) in [6, 6.07) is 6.66. The first-order valence-corrected chi connectivity index (χ1v) is 6.22. The number of nitrogens with zero attached hydrogens (tertiary/aromatic N) is 1. The zero-order valence-electron chi connectivity index (χ0n) is 10.4. The molecular formula is C14H17FN2O. The van der Waals surface area contributed by atoms with Crippen molar-refractivity contribution in [3.8, 4) is 6.07 Å². The van der Waals surface area contributed by atoms with Crippen LogP contribution in [0.5, 0.6) is 0 Å². The summed E-state index contributed by atoms with van der Waals surface area (Å²) in [5, 5.41) is 12.0. The Labute approximate surface area is 107 Å². The summed E-state index contributed by atoms with van der Waals surface area (Å²) < 4.78 is 19.6. The lowest BCUT2D eigenvalue weighted by Gasteiger charge is -2.29. The molecule has 18 heavy (non-hydrogen) atoms. The summed E-state index contributed by atoms with van der Waals surface area (Å²) in [5.41, 5.74) is 0.526. The number of benzene rings is 1. The van der Waals surface area contributed by atoms with E-state index >= 15 is 0 Å². The van der Waals surface area contributed by atoms with Crippen molar-refractivity contribution >= 4 is 0 Å². The third-order valence-electron chi connectivity index (χ3n) is 3.41. The molecule has 1 aromatic carbocycles. The van der Waals surface area contributed by atoms with Crippen LogP contribution in [0, 0.1) is 23.1 Å². The molecule has 1 saturated heterocycles. The lowest BCUT2D eigenvalue weighted by Crippen LogP contribution is -2.40. The topological polar surface area (TPSA) is 45.0 Å². The van der Waals surface area contributed by atoms with E-state index in [1.807, 2.05) is 6.07 Å². The minimum absolute atomic E-state index is 0.0749. The Morgan fingerprint density at radius 2 is 2.39 bits per heavy atom. The van der Waals surface area contributed by atoms with E-state index < -0.39 is 5.82 Å². The summed E-state index contributed by atoms with van der Waals surface area (Å²) in [6.07, 6.45) is 1.19. The minimum Gasteiger partial charge on any atom is -0.372 e. The van der Waals surface area contributed by atoms with Gasteiger partial charge in [0.05, 0.1) is 18.3 Å². The van der Waals surface area contributed by atoms with Crippen molar-refractivity contribution in [2.24, 2.45) is 5.92 Å². The van der Waals surface area contributed by atoms with Gasteiger partial charge in [-0.25, -0.2) is 4.39 Å². The van der Waals surface area contributed by atoms with Gasteiger partial charge >= 0.3 is 0 Å². The predicted octanol–water partition coefficient (Wildman–Crippen LogP) is 2.21. The van der Waals surface area contributed by atoms with Crippen molar-refractivity contribution in [3.63, 3.8) is 0 Å². The van der Waals surface area contributed by atoms with Gasteiger partial charge in [-0.3, -0.25) is 0 Å². The van der Waals surface area contributed by atoms with Crippen LogP contribution >= 0.6 is 0 Å². The highest BCUT2D eigenvalue weighted by Gasteiger charge is 2.22. The van der Waals surface area contributed by atoms with Crippen molar-refractivity contribution < 1.29 is 9.13 Å². The zero-order valence-corrected chi connectivity index (χ0v) is 10.4. The number of piperidine rings is 1. The predicted molar refractivity (Wildman–Crippen MR) is 66.3 cm³/mol. The summed E-state index contributed by atoms with van der Waals surface area (Å²) in [6.45, 7) is 4.19. The quantitative estimate of drug-likeness (QED) is 0.892. The smallest absolute Gasteiger partial charge is 0.146 e. The maximum Gasteiger partial charge on any atom is 0.146 e. The standard InChI is InChI=1S/C14H17FN2O/c1-10-5-6-17-8-13(10)18-9-12-4-2-3-11(7-16)14(12)15/h2-4,10,13,17H,5-6,8-9H2,1H3. The highest BCUT2D eigenvalue weighted by atomic mass is 19.1. The van der Waals surface area contributed by atoms with Crippen LogP contribution in [-0.4, -0.2) is 19.2 Å². The lowest BCUT2D eigenvalue weighted by molar-refractivity contribution is -0.00766. The second-order valence-electron chi connectivity index (χ2n) is 4.71. The van der Waals surface area contributed by atoms with Crippen molar-refractivity contribution in [1.82, 2.24) is 5.32 Å². The zero-order chi connectivity index (χ0) is 13.0. The molecule has 2 unspecified atom stereocenters. The molecule has 2 rings (SSSR count). The van der Waals surface area contributed by atoms with Crippen molar-refractivity contribution in [1.29, 1.82) is 5.26 Å². The van der Waals surface area contributed by atoms with Crippen molar-refractivity contribution in [3.05, 3.63) is 35.1 Å². The van der Waals surface area contributed by atoms with Crippen molar-refractivity contribution in [2.45, 2.75) is 26.1 Å². The number of rotatable bonds is 3. The molecule has 4 heteroatoms. The number of hydrogen-bond acceptors (Lipinski definition) is 3. The number of halogens is 1. The first-order valence-electron chi connectivity index (χ1n) is 6.22. The third-order valence-corrected chi connectivity index (χ3v) is 3.41. The van der Waals surface area contributed by atoms with E-state index in [4.69, 9.17) is 10.00 Å². The maximum absolute atomic E-state index is 13.8. The Kier molecular flexibility index (Phi) is 4.29. The average Bonchev–Trinajstić information content (AvgIpc) is 2.39. The van der Waals surface area contributed by atoms with Gasteiger partial charge in [0.2, 0.25) is 0 Å². The van der Waals surface area contributed by atoms with Crippen LogP contribution < -0.4 is 5.32 Å². The highest BCUT2D eigenvalue weighted by molar-refractivity contribution is 5.34. The molecule has 1 fully saturated rings. The van der Waals surface area contributed by atoms with E-state index in [9.17, 15) is 4.39 Å². The van der Waals surface area contributed by atoms with Gasteiger partial charge in [-0.15, -0.1) is 0 Å². The fourth-order valence-electron chi connectivity index (χ4n) is 2.16. The molecule has 0 saturated carbocycles. The van der Waals surface area contributed by atoms with E-state index in [1.54, 1.807) is 12.1 Å². The highest BCUT2D eigenvalue weighted by Crippen LogP contribution is 2.18. The van der Waals surface area contributed by atoms with Gasteiger partial charge in [0, 0.05) is 12.1 Å². The fourth-order valence-corrected chi connectivity index (χ4v) is 2.16. The largest absolute Gasteiger partial charge is 0.372 e. The molecule has 3 nitrogen and oxygen atoms in total. The molecule has 1 aliphatic heterocycles.